The smallest absolute Gasteiger partial charge is 0.338 e. The quantitative estimate of drug-likeness (QED) is 0.661. The highest BCUT2D eigenvalue weighted by atomic mass is 19.4. The van der Waals surface area contributed by atoms with Crippen molar-refractivity contribution in [2.24, 2.45) is 10.1 Å². The highest BCUT2D eigenvalue weighted by Crippen LogP contribution is 2.41. The molecule has 8 heteroatoms. The molecule has 3 rings (SSSR count). The van der Waals surface area contributed by atoms with E-state index in [2.05, 4.69) is 21.8 Å². The van der Waals surface area contributed by atoms with Crippen molar-refractivity contribution in [3.05, 3.63) is 34.9 Å². The fraction of sp³-hybridized carbons (Fsp3) is 0.524. The number of hydrogen-bond donors (Lipinski definition) is 0. The summed E-state index contributed by atoms with van der Waals surface area (Å²) in [5.41, 5.74) is 3.06. The Morgan fingerprint density at radius 1 is 1.10 bits per heavy atom. The molecule has 1 aromatic rings. The van der Waals surface area contributed by atoms with Crippen LogP contribution in [-0.2, 0) is 6.18 Å². The summed E-state index contributed by atoms with van der Waals surface area (Å²) in [5.74, 6) is 0.592. The molecule has 0 aliphatic carbocycles. The average Bonchev–Trinajstić information content (AvgIpc) is 2.66. The van der Waals surface area contributed by atoms with E-state index in [-0.39, 0.29) is 0 Å². The number of benzene rings is 1. The summed E-state index contributed by atoms with van der Waals surface area (Å²) in [4.78, 5) is 9.01. The van der Waals surface area contributed by atoms with Crippen LogP contribution in [-0.4, -0.2) is 59.7 Å². The van der Waals surface area contributed by atoms with Crippen LogP contribution in [0.15, 0.2) is 33.9 Å². The zero-order chi connectivity index (χ0) is 21.3. The molecule has 0 unspecified atom stereocenters. The zero-order valence-electron chi connectivity index (χ0n) is 17.6. The van der Waals surface area contributed by atoms with Crippen molar-refractivity contribution in [2.75, 3.05) is 33.2 Å². The van der Waals surface area contributed by atoms with Crippen molar-refractivity contribution in [1.29, 1.82) is 0 Å². The van der Waals surface area contributed by atoms with Gasteiger partial charge in [0.05, 0.1) is 16.9 Å². The topological polar surface area (TPSA) is 34.4 Å². The van der Waals surface area contributed by atoms with E-state index in [9.17, 15) is 13.2 Å². The molecule has 1 aromatic carbocycles. The lowest BCUT2D eigenvalue weighted by Gasteiger charge is -2.40. The number of rotatable bonds is 2. The molecule has 0 atom stereocenters. The van der Waals surface area contributed by atoms with Crippen molar-refractivity contribution < 1.29 is 13.2 Å². The molecule has 1 fully saturated rings. The van der Waals surface area contributed by atoms with Crippen molar-refractivity contribution >= 4 is 23.1 Å². The minimum atomic E-state index is -4.41. The number of hydrazone groups is 1. The van der Waals surface area contributed by atoms with Gasteiger partial charge in [0, 0.05) is 37.5 Å². The van der Waals surface area contributed by atoms with E-state index >= 15 is 0 Å². The van der Waals surface area contributed by atoms with Crippen molar-refractivity contribution in [3.8, 4) is 0 Å². The molecule has 0 radical (unpaired) electrons. The predicted molar refractivity (Wildman–Crippen MR) is 111 cm³/mol. The van der Waals surface area contributed by atoms with Crippen LogP contribution in [0.2, 0.25) is 0 Å². The Bertz CT molecular complexity index is 858. The maximum absolute atomic E-state index is 13.3. The maximum atomic E-state index is 13.3. The van der Waals surface area contributed by atoms with Gasteiger partial charge >= 0.3 is 6.18 Å². The molecule has 5 nitrogen and oxygen atoms in total. The summed E-state index contributed by atoms with van der Waals surface area (Å²) in [6.07, 6.45) is -3.64. The number of halogens is 3. The van der Waals surface area contributed by atoms with Crippen molar-refractivity contribution in [3.63, 3.8) is 0 Å². The van der Waals surface area contributed by atoms with E-state index in [0.29, 0.717) is 17.2 Å². The first-order valence-electron chi connectivity index (χ1n) is 9.87. The van der Waals surface area contributed by atoms with E-state index in [0.717, 1.165) is 61.7 Å². The van der Waals surface area contributed by atoms with Crippen LogP contribution in [0.5, 0.6) is 0 Å². The van der Waals surface area contributed by atoms with Gasteiger partial charge in [0.25, 0.3) is 0 Å². The molecule has 0 amide bonds. The monoisotopic (exact) mass is 407 g/mol. The lowest BCUT2D eigenvalue weighted by atomic mass is 10.00. The van der Waals surface area contributed by atoms with Crippen molar-refractivity contribution in [1.82, 2.24) is 14.8 Å². The Morgan fingerprint density at radius 3 is 2.31 bits per heavy atom. The highest BCUT2D eigenvalue weighted by Gasteiger charge is 2.35. The summed E-state index contributed by atoms with van der Waals surface area (Å²) in [5, 5.41) is 6.53. The second-order valence-electron chi connectivity index (χ2n) is 7.77. The van der Waals surface area contributed by atoms with Gasteiger partial charge in [-0.05, 0) is 51.9 Å². The zero-order valence-corrected chi connectivity index (χ0v) is 17.6. The first kappa shape index (κ1) is 21.4. The number of fused-ring (bicyclic) bond motifs is 1. The summed E-state index contributed by atoms with van der Waals surface area (Å²) in [6.45, 7) is 11.1. The van der Waals surface area contributed by atoms with Crippen LogP contribution in [0.4, 0.5) is 18.9 Å². The first-order valence-corrected chi connectivity index (χ1v) is 9.87. The molecule has 158 valence electrons. The average molecular weight is 407 g/mol. The van der Waals surface area contributed by atoms with Gasteiger partial charge in [-0.1, -0.05) is 13.0 Å². The lowest BCUT2D eigenvalue weighted by molar-refractivity contribution is -0.137. The van der Waals surface area contributed by atoms with E-state index < -0.39 is 11.7 Å². The third kappa shape index (κ3) is 4.47. The Balaban J connectivity index is 2.21. The van der Waals surface area contributed by atoms with Gasteiger partial charge in [-0.2, -0.15) is 23.3 Å². The van der Waals surface area contributed by atoms with Gasteiger partial charge in [0.1, 0.15) is 0 Å². The molecule has 0 saturated carbocycles. The SMILES string of the molecule is CCC(C)=C1c2ccc(C(F)(F)F)cc2N=C(N2CCN(C)CC2)N1N=C(C)C. The highest BCUT2D eigenvalue weighted by molar-refractivity contribution is 5.98. The summed E-state index contributed by atoms with van der Waals surface area (Å²) in [6, 6.07) is 3.79. The second kappa shape index (κ2) is 8.18. The minimum absolute atomic E-state index is 0.344. The fourth-order valence-corrected chi connectivity index (χ4v) is 3.45. The first-order chi connectivity index (χ1) is 13.6. The maximum Gasteiger partial charge on any atom is 0.416 e. The summed E-state index contributed by atoms with van der Waals surface area (Å²) < 4.78 is 39.9. The number of aliphatic imine (C=N–C) groups is 1. The Hall–Kier alpha value is -2.35. The summed E-state index contributed by atoms with van der Waals surface area (Å²) in [7, 11) is 2.06. The molecular weight excluding hydrogens is 379 g/mol. The molecular formula is C21H28F3N5. The third-order valence-electron chi connectivity index (χ3n) is 5.22. The van der Waals surface area contributed by atoms with Crippen LogP contribution in [0, 0.1) is 0 Å². The number of alkyl halides is 3. The summed E-state index contributed by atoms with van der Waals surface area (Å²) >= 11 is 0. The van der Waals surface area contributed by atoms with Gasteiger partial charge in [-0.25, -0.2) is 4.99 Å². The molecule has 2 aliphatic heterocycles. The molecule has 2 heterocycles. The molecule has 0 bridgehead atoms. The Morgan fingerprint density at radius 2 is 1.76 bits per heavy atom. The predicted octanol–water partition coefficient (Wildman–Crippen LogP) is 4.79. The van der Waals surface area contributed by atoms with E-state index in [1.165, 1.54) is 6.07 Å². The third-order valence-corrected chi connectivity index (χ3v) is 5.22. The number of likely N-dealkylation sites (N-methyl/N-ethyl adjacent to an activating group) is 1. The van der Waals surface area contributed by atoms with Gasteiger partial charge in [-0.15, -0.1) is 0 Å². The molecule has 1 saturated heterocycles. The molecule has 29 heavy (non-hydrogen) atoms. The van der Waals surface area contributed by atoms with Gasteiger partial charge in [-0.3, -0.25) is 0 Å². The number of nitrogens with zero attached hydrogens (tertiary/aromatic N) is 5. The van der Waals surface area contributed by atoms with Gasteiger partial charge in [0.2, 0.25) is 5.96 Å². The van der Waals surface area contributed by atoms with E-state index in [1.54, 1.807) is 0 Å². The molecule has 0 N–H and O–H groups in total. The molecule has 0 spiro atoms. The second-order valence-corrected chi connectivity index (χ2v) is 7.77. The Kier molecular flexibility index (Phi) is 6.03. The number of hydrogen-bond acceptors (Lipinski definition) is 5. The van der Waals surface area contributed by atoms with E-state index in [4.69, 9.17) is 5.10 Å². The fourth-order valence-electron chi connectivity index (χ4n) is 3.45. The number of piperazine rings is 1. The number of allylic oxidation sites excluding steroid dienone is 1. The van der Waals surface area contributed by atoms with Crippen LogP contribution in [0.25, 0.3) is 5.70 Å². The standard InChI is InChI=1S/C21H28F3N5/c1-6-15(4)19-17-8-7-16(21(22,23)24)13-18(17)25-20(29(19)26-14(2)3)28-11-9-27(5)10-12-28/h7-8,13H,6,9-12H2,1-5H3. The molecule has 0 aromatic heterocycles. The van der Waals surface area contributed by atoms with Gasteiger partial charge in [0.15, 0.2) is 0 Å². The molecule has 2 aliphatic rings. The van der Waals surface area contributed by atoms with Crippen LogP contribution in [0.3, 0.4) is 0 Å². The van der Waals surface area contributed by atoms with Gasteiger partial charge < -0.3 is 9.80 Å². The van der Waals surface area contributed by atoms with Crippen LogP contribution in [0.1, 0.15) is 45.2 Å². The van der Waals surface area contributed by atoms with Crippen LogP contribution >= 0.6 is 0 Å². The Labute approximate surface area is 170 Å². The van der Waals surface area contributed by atoms with Crippen LogP contribution < -0.4 is 0 Å². The normalized spacial score (nSPS) is 19.7. The lowest BCUT2D eigenvalue weighted by Crippen LogP contribution is -2.51. The largest absolute Gasteiger partial charge is 0.416 e. The van der Waals surface area contributed by atoms with Crippen molar-refractivity contribution in [2.45, 2.75) is 40.3 Å². The van der Waals surface area contributed by atoms with E-state index in [1.807, 2.05) is 32.7 Å². The minimum Gasteiger partial charge on any atom is -0.338 e. The number of guanidine groups is 1.